The highest BCUT2D eigenvalue weighted by molar-refractivity contribution is 7.17. The standard InChI is InChI=1S/C15H16ClN3O3S/c1-21-13-7-17-8-14(18-13)22-10-3-2-6-19(9-10)15(20)11-4-5-12(16)23-11/h4-5,7-8,10H,2-3,6,9H2,1H3. The van der Waals surface area contributed by atoms with Gasteiger partial charge in [0, 0.05) is 6.54 Å². The Morgan fingerprint density at radius 1 is 1.39 bits per heavy atom. The zero-order valence-corrected chi connectivity index (χ0v) is 14.1. The van der Waals surface area contributed by atoms with Crippen LogP contribution in [0.5, 0.6) is 11.8 Å². The minimum absolute atomic E-state index is 0.00748. The number of methoxy groups -OCH3 is 1. The maximum atomic E-state index is 12.5. The molecular weight excluding hydrogens is 338 g/mol. The first-order valence-corrected chi connectivity index (χ1v) is 8.42. The average molecular weight is 354 g/mol. The van der Waals surface area contributed by atoms with Gasteiger partial charge in [0.25, 0.3) is 5.91 Å². The van der Waals surface area contributed by atoms with Crippen LogP contribution in [0.15, 0.2) is 24.5 Å². The van der Waals surface area contributed by atoms with Crippen molar-refractivity contribution in [3.8, 4) is 11.8 Å². The summed E-state index contributed by atoms with van der Waals surface area (Å²) < 4.78 is 11.5. The summed E-state index contributed by atoms with van der Waals surface area (Å²) in [6, 6.07) is 3.50. The molecule has 23 heavy (non-hydrogen) atoms. The molecule has 1 aliphatic rings. The average Bonchev–Trinajstić information content (AvgIpc) is 3.01. The molecule has 1 atom stereocenters. The number of nitrogens with zero attached hydrogens (tertiary/aromatic N) is 3. The third kappa shape index (κ3) is 3.92. The molecule has 0 radical (unpaired) electrons. The predicted octanol–water partition coefficient (Wildman–Crippen LogP) is 2.88. The summed E-state index contributed by atoms with van der Waals surface area (Å²) in [4.78, 5) is 23.1. The van der Waals surface area contributed by atoms with E-state index in [4.69, 9.17) is 21.1 Å². The molecule has 1 amide bonds. The molecular formula is C15H16ClN3O3S. The lowest BCUT2D eigenvalue weighted by Gasteiger charge is -2.32. The van der Waals surface area contributed by atoms with E-state index in [9.17, 15) is 4.79 Å². The third-order valence-electron chi connectivity index (χ3n) is 3.54. The Morgan fingerprint density at radius 3 is 2.96 bits per heavy atom. The van der Waals surface area contributed by atoms with Gasteiger partial charge in [-0.15, -0.1) is 11.3 Å². The molecule has 1 aliphatic heterocycles. The van der Waals surface area contributed by atoms with Gasteiger partial charge in [-0.25, -0.2) is 0 Å². The molecule has 3 rings (SSSR count). The first-order valence-electron chi connectivity index (χ1n) is 7.23. The maximum absolute atomic E-state index is 12.5. The summed E-state index contributed by atoms with van der Waals surface area (Å²) in [5, 5.41) is 0. The van der Waals surface area contributed by atoms with Gasteiger partial charge in [-0.2, -0.15) is 4.98 Å². The highest BCUT2D eigenvalue weighted by atomic mass is 35.5. The molecule has 0 saturated carbocycles. The Hall–Kier alpha value is -1.86. The number of hydrogen-bond donors (Lipinski definition) is 0. The summed E-state index contributed by atoms with van der Waals surface area (Å²) in [5.74, 6) is 0.800. The summed E-state index contributed by atoms with van der Waals surface area (Å²) in [7, 11) is 1.53. The lowest BCUT2D eigenvalue weighted by molar-refractivity contribution is 0.0529. The molecule has 1 fully saturated rings. The largest absolute Gasteiger partial charge is 0.480 e. The summed E-state index contributed by atoms with van der Waals surface area (Å²) >= 11 is 7.20. The predicted molar refractivity (Wildman–Crippen MR) is 87.5 cm³/mol. The molecule has 1 unspecified atom stereocenters. The second kappa shape index (κ2) is 7.14. The fourth-order valence-corrected chi connectivity index (χ4v) is 3.47. The van der Waals surface area contributed by atoms with Crippen molar-refractivity contribution in [1.82, 2.24) is 14.9 Å². The van der Waals surface area contributed by atoms with E-state index in [1.165, 1.54) is 24.6 Å². The lowest BCUT2D eigenvalue weighted by Crippen LogP contribution is -2.44. The van der Waals surface area contributed by atoms with Gasteiger partial charge in [0.2, 0.25) is 11.8 Å². The van der Waals surface area contributed by atoms with Crippen LogP contribution >= 0.6 is 22.9 Å². The summed E-state index contributed by atoms with van der Waals surface area (Å²) in [6.07, 6.45) is 4.71. The zero-order valence-electron chi connectivity index (χ0n) is 12.6. The number of thiophene rings is 1. The van der Waals surface area contributed by atoms with Crippen molar-refractivity contribution in [2.75, 3.05) is 20.2 Å². The highest BCUT2D eigenvalue weighted by Crippen LogP contribution is 2.25. The van der Waals surface area contributed by atoms with E-state index in [-0.39, 0.29) is 12.0 Å². The lowest BCUT2D eigenvalue weighted by atomic mass is 10.1. The number of carbonyl (C=O) groups excluding carboxylic acids is 1. The van der Waals surface area contributed by atoms with Crippen molar-refractivity contribution in [3.63, 3.8) is 0 Å². The topological polar surface area (TPSA) is 64.6 Å². The van der Waals surface area contributed by atoms with Crippen LogP contribution in [-0.2, 0) is 0 Å². The Balaban J connectivity index is 1.64. The van der Waals surface area contributed by atoms with Crippen molar-refractivity contribution in [1.29, 1.82) is 0 Å². The molecule has 0 bridgehead atoms. The normalized spacial score (nSPS) is 17.8. The fourth-order valence-electron chi connectivity index (χ4n) is 2.46. The minimum Gasteiger partial charge on any atom is -0.480 e. The molecule has 1 saturated heterocycles. The van der Waals surface area contributed by atoms with Gasteiger partial charge in [0.15, 0.2) is 0 Å². The van der Waals surface area contributed by atoms with Crippen LogP contribution < -0.4 is 9.47 Å². The van der Waals surface area contributed by atoms with Gasteiger partial charge >= 0.3 is 0 Å². The van der Waals surface area contributed by atoms with Crippen LogP contribution in [0.1, 0.15) is 22.5 Å². The van der Waals surface area contributed by atoms with Gasteiger partial charge in [-0.1, -0.05) is 11.6 Å². The molecule has 6 nitrogen and oxygen atoms in total. The van der Waals surface area contributed by atoms with E-state index in [1.807, 2.05) is 0 Å². The van der Waals surface area contributed by atoms with E-state index < -0.39 is 0 Å². The number of piperidine rings is 1. The molecule has 0 spiro atoms. The number of hydrogen-bond acceptors (Lipinski definition) is 6. The van der Waals surface area contributed by atoms with Crippen molar-refractivity contribution >= 4 is 28.8 Å². The molecule has 0 aliphatic carbocycles. The Bertz CT molecular complexity index is 694. The van der Waals surface area contributed by atoms with Crippen LogP contribution in [0.4, 0.5) is 0 Å². The Morgan fingerprint density at radius 2 is 2.22 bits per heavy atom. The van der Waals surface area contributed by atoms with E-state index >= 15 is 0 Å². The Labute approximate surface area is 143 Å². The van der Waals surface area contributed by atoms with Crippen molar-refractivity contribution in [3.05, 3.63) is 33.7 Å². The van der Waals surface area contributed by atoms with Crippen LogP contribution in [0.3, 0.4) is 0 Å². The number of aromatic nitrogens is 2. The van der Waals surface area contributed by atoms with Gasteiger partial charge in [-0.3, -0.25) is 9.78 Å². The van der Waals surface area contributed by atoms with E-state index in [2.05, 4.69) is 9.97 Å². The summed E-state index contributed by atoms with van der Waals surface area (Å²) in [6.45, 7) is 1.24. The van der Waals surface area contributed by atoms with Crippen LogP contribution in [0.25, 0.3) is 0 Å². The van der Waals surface area contributed by atoms with Crippen LogP contribution in [0.2, 0.25) is 4.34 Å². The van der Waals surface area contributed by atoms with Crippen LogP contribution in [0, 0.1) is 0 Å². The highest BCUT2D eigenvalue weighted by Gasteiger charge is 2.26. The first kappa shape index (κ1) is 16.0. The molecule has 122 valence electrons. The number of likely N-dealkylation sites (tertiary alicyclic amines) is 1. The van der Waals surface area contributed by atoms with E-state index in [0.717, 1.165) is 19.4 Å². The van der Waals surface area contributed by atoms with Crippen molar-refractivity contribution in [2.24, 2.45) is 0 Å². The molecule has 2 aromatic heterocycles. The molecule has 0 N–H and O–H groups in total. The number of ether oxygens (including phenoxy) is 2. The Kier molecular flexibility index (Phi) is 4.97. The first-order chi connectivity index (χ1) is 11.2. The smallest absolute Gasteiger partial charge is 0.264 e. The number of halogens is 1. The molecule has 3 heterocycles. The number of carbonyl (C=O) groups is 1. The van der Waals surface area contributed by atoms with Crippen molar-refractivity contribution in [2.45, 2.75) is 18.9 Å². The minimum atomic E-state index is -0.107. The number of amides is 1. The second-order valence-electron chi connectivity index (χ2n) is 5.14. The summed E-state index contributed by atoms with van der Waals surface area (Å²) in [5.41, 5.74) is 0. The molecule has 8 heteroatoms. The van der Waals surface area contributed by atoms with Crippen molar-refractivity contribution < 1.29 is 14.3 Å². The second-order valence-corrected chi connectivity index (χ2v) is 6.85. The van der Waals surface area contributed by atoms with Gasteiger partial charge in [0.05, 0.1) is 35.3 Å². The quantitative estimate of drug-likeness (QED) is 0.845. The SMILES string of the molecule is COc1cncc(OC2CCCN(C(=O)c3ccc(Cl)s3)C2)n1. The van der Waals surface area contributed by atoms with E-state index in [0.29, 0.717) is 27.5 Å². The fraction of sp³-hybridized carbons (Fsp3) is 0.400. The molecule has 2 aromatic rings. The maximum Gasteiger partial charge on any atom is 0.264 e. The third-order valence-corrected chi connectivity index (χ3v) is 4.76. The molecule has 0 aromatic carbocycles. The van der Waals surface area contributed by atoms with Gasteiger partial charge in [-0.05, 0) is 25.0 Å². The van der Waals surface area contributed by atoms with Gasteiger partial charge in [0.1, 0.15) is 6.10 Å². The van der Waals surface area contributed by atoms with Gasteiger partial charge < -0.3 is 14.4 Å². The monoisotopic (exact) mass is 353 g/mol. The van der Waals surface area contributed by atoms with E-state index in [1.54, 1.807) is 23.2 Å². The zero-order chi connectivity index (χ0) is 16.2. The number of rotatable bonds is 4. The van der Waals surface area contributed by atoms with Crippen LogP contribution in [-0.4, -0.2) is 47.1 Å².